The molecule has 0 saturated carbocycles. The Labute approximate surface area is 160 Å². The van der Waals surface area contributed by atoms with Gasteiger partial charge in [0.2, 0.25) is 5.91 Å². The van der Waals surface area contributed by atoms with Gasteiger partial charge in [0.1, 0.15) is 0 Å². The third-order valence-corrected chi connectivity index (χ3v) is 4.79. The number of allylic oxidation sites excluding steroid dienone is 2. The van der Waals surface area contributed by atoms with Crippen LogP contribution in [0.4, 0.5) is 11.4 Å². The van der Waals surface area contributed by atoms with Crippen LogP contribution in [0.3, 0.4) is 0 Å². The van der Waals surface area contributed by atoms with Crippen LogP contribution in [0.5, 0.6) is 0 Å². The molecule has 1 unspecified atom stereocenters. The Hall–Kier alpha value is -3.08. The van der Waals surface area contributed by atoms with Crippen LogP contribution in [0, 0.1) is 5.41 Å². The highest BCUT2D eigenvalue weighted by molar-refractivity contribution is 6.13. The zero-order valence-electron chi connectivity index (χ0n) is 16.0. The molecule has 3 rings (SSSR count). The van der Waals surface area contributed by atoms with Crippen molar-refractivity contribution in [2.45, 2.75) is 39.3 Å². The van der Waals surface area contributed by atoms with Gasteiger partial charge >= 0.3 is 0 Å². The molecule has 1 amide bonds. The maximum atomic E-state index is 12.0. The van der Waals surface area contributed by atoms with Gasteiger partial charge in [-0.3, -0.25) is 4.79 Å². The maximum Gasteiger partial charge on any atom is 0.226 e. The number of benzene rings is 2. The molecule has 5 heteroatoms. The van der Waals surface area contributed by atoms with Gasteiger partial charge in [-0.2, -0.15) is 0 Å². The van der Waals surface area contributed by atoms with Gasteiger partial charge in [0, 0.05) is 41.6 Å². The molecule has 0 bridgehead atoms. The molecular formula is C22H26N4O. The fraction of sp³-hybridized carbons (Fsp3) is 0.273. The van der Waals surface area contributed by atoms with Crippen LogP contribution in [0.1, 0.15) is 44.4 Å². The lowest BCUT2D eigenvalue weighted by atomic mass is 10.00. The first kappa shape index (κ1) is 18.7. The number of para-hydroxylation sites is 1. The molecule has 4 N–H and O–H groups in total. The summed E-state index contributed by atoms with van der Waals surface area (Å²) in [7, 11) is 0. The van der Waals surface area contributed by atoms with Gasteiger partial charge in [0.25, 0.3) is 0 Å². The van der Waals surface area contributed by atoms with Crippen LogP contribution in [-0.4, -0.2) is 18.2 Å². The Bertz CT molecular complexity index is 873. The Kier molecular flexibility index (Phi) is 5.60. The molecule has 0 radical (unpaired) electrons. The topological polar surface area (TPSA) is 77.0 Å². The van der Waals surface area contributed by atoms with E-state index in [0.29, 0.717) is 6.42 Å². The molecule has 0 spiro atoms. The molecule has 27 heavy (non-hydrogen) atoms. The molecule has 1 heterocycles. The summed E-state index contributed by atoms with van der Waals surface area (Å²) >= 11 is 0. The molecule has 140 valence electrons. The Morgan fingerprint density at radius 1 is 1.22 bits per heavy atom. The van der Waals surface area contributed by atoms with Crippen molar-refractivity contribution in [1.82, 2.24) is 5.32 Å². The summed E-state index contributed by atoms with van der Waals surface area (Å²) in [5, 5.41) is 17.9. The predicted molar refractivity (Wildman–Crippen MR) is 112 cm³/mol. The largest absolute Gasteiger partial charge is 0.382 e. The lowest BCUT2D eigenvalue weighted by molar-refractivity contribution is -0.116. The van der Waals surface area contributed by atoms with Gasteiger partial charge in [-0.1, -0.05) is 42.5 Å². The van der Waals surface area contributed by atoms with Crippen LogP contribution in [0.2, 0.25) is 0 Å². The summed E-state index contributed by atoms with van der Waals surface area (Å²) in [6.45, 7) is 6.08. The quantitative estimate of drug-likeness (QED) is 0.589. The van der Waals surface area contributed by atoms with E-state index in [0.717, 1.165) is 28.2 Å². The van der Waals surface area contributed by atoms with Gasteiger partial charge in [-0.05, 0) is 32.4 Å². The van der Waals surface area contributed by atoms with E-state index in [-0.39, 0.29) is 18.0 Å². The van der Waals surface area contributed by atoms with Crippen molar-refractivity contribution in [2.24, 2.45) is 0 Å². The third kappa shape index (κ3) is 4.19. The molecular weight excluding hydrogens is 336 g/mol. The predicted octanol–water partition coefficient (Wildman–Crippen LogP) is 4.56. The highest BCUT2D eigenvalue weighted by atomic mass is 16.1. The summed E-state index contributed by atoms with van der Waals surface area (Å²) < 4.78 is 0. The van der Waals surface area contributed by atoms with Crippen LogP contribution < -0.4 is 16.0 Å². The lowest BCUT2D eigenvalue weighted by Gasteiger charge is -2.21. The number of rotatable bonds is 5. The Balaban J connectivity index is 1.98. The van der Waals surface area contributed by atoms with Crippen molar-refractivity contribution in [1.29, 1.82) is 5.41 Å². The van der Waals surface area contributed by atoms with Gasteiger partial charge in [-0.15, -0.1) is 0 Å². The number of hydrogen-bond donors (Lipinski definition) is 4. The molecule has 5 nitrogen and oxygen atoms in total. The number of carbonyl (C=O) groups excluding carboxylic acids is 1. The highest BCUT2D eigenvalue weighted by Crippen LogP contribution is 2.34. The summed E-state index contributed by atoms with van der Waals surface area (Å²) in [4.78, 5) is 12.0. The maximum absolute atomic E-state index is 12.0. The van der Waals surface area contributed by atoms with Crippen molar-refractivity contribution >= 4 is 29.1 Å². The standard InChI is InChI=1S/C22H26N4O/c1-14-12-21(27)26-20-11-7-10-18(22(20)24-14)19(13-23)16(3)25-15(2)17-8-5-4-6-9-17/h4-11,13-15,23-25H,12H2,1-3H3,(H,26,27)/b19-16+,23-13?/t14-,15?/m1/s1. The second kappa shape index (κ2) is 8.08. The lowest BCUT2D eigenvalue weighted by Crippen LogP contribution is -2.20. The number of anilines is 2. The summed E-state index contributed by atoms with van der Waals surface area (Å²) in [5.74, 6) is -0.00108. The fourth-order valence-electron chi connectivity index (χ4n) is 3.43. The zero-order chi connectivity index (χ0) is 19.4. The molecule has 1 aliphatic rings. The molecule has 0 aromatic heterocycles. The van der Waals surface area contributed by atoms with Crippen LogP contribution in [0.25, 0.3) is 5.57 Å². The third-order valence-electron chi connectivity index (χ3n) is 4.79. The average molecular weight is 362 g/mol. The first-order chi connectivity index (χ1) is 13.0. The SMILES string of the molecule is C/C(NC(C)c1ccccc1)=C(/C=N)c1cccc2c1N[C@H](C)CC(=O)N2. The van der Waals surface area contributed by atoms with Gasteiger partial charge in [-0.25, -0.2) is 0 Å². The van der Waals surface area contributed by atoms with E-state index in [4.69, 9.17) is 5.41 Å². The van der Waals surface area contributed by atoms with Crippen molar-refractivity contribution in [3.63, 3.8) is 0 Å². The minimum atomic E-state index is -0.00108. The Morgan fingerprint density at radius 3 is 2.67 bits per heavy atom. The monoisotopic (exact) mass is 362 g/mol. The molecule has 0 aliphatic carbocycles. The van der Waals surface area contributed by atoms with E-state index in [2.05, 4.69) is 35.0 Å². The summed E-state index contributed by atoms with van der Waals surface area (Å²) in [6.07, 6.45) is 1.79. The van der Waals surface area contributed by atoms with E-state index in [9.17, 15) is 4.79 Å². The van der Waals surface area contributed by atoms with E-state index >= 15 is 0 Å². The molecule has 2 aromatic rings. The Morgan fingerprint density at radius 2 is 1.96 bits per heavy atom. The molecule has 2 atom stereocenters. The van der Waals surface area contributed by atoms with E-state index in [1.807, 2.05) is 50.2 Å². The number of fused-ring (bicyclic) bond motifs is 1. The van der Waals surface area contributed by atoms with Gasteiger partial charge < -0.3 is 21.4 Å². The second-order valence-corrected chi connectivity index (χ2v) is 6.99. The van der Waals surface area contributed by atoms with Crippen molar-refractivity contribution < 1.29 is 4.79 Å². The number of carbonyl (C=O) groups is 1. The molecule has 0 fully saturated rings. The van der Waals surface area contributed by atoms with E-state index < -0.39 is 0 Å². The fourth-order valence-corrected chi connectivity index (χ4v) is 3.43. The minimum Gasteiger partial charge on any atom is -0.382 e. The van der Waals surface area contributed by atoms with Crippen LogP contribution in [-0.2, 0) is 4.79 Å². The number of nitrogens with one attached hydrogen (secondary N) is 4. The summed E-state index contributed by atoms with van der Waals surface area (Å²) in [5.41, 5.74) is 5.42. The minimum absolute atomic E-state index is 0.00108. The molecule has 2 aromatic carbocycles. The zero-order valence-corrected chi connectivity index (χ0v) is 16.0. The smallest absolute Gasteiger partial charge is 0.226 e. The van der Waals surface area contributed by atoms with Crippen molar-refractivity contribution in [3.8, 4) is 0 Å². The highest BCUT2D eigenvalue weighted by Gasteiger charge is 2.21. The average Bonchev–Trinajstić information content (AvgIpc) is 2.79. The normalized spacial score (nSPS) is 18.2. The first-order valence-electron chi connectivity index (χ1n) is 9.22. The second-order valence-electron chi connectivity index (χ2n) is 6.99. The molecule has 0 saturated heterocycles. The molecule has 1 aliphatic heterocycles. The van der Waals surface area contributed by atoms with Crippen molar-refractivity contribution in [3.05, 3.63) is 65.4 Å². The van der Waals surface area contributed by atoms with Gasteiger partial charge in [0.05, 0.1) is 11.4 Å². The van der Waals surface area contributed by atoms with E-state index in [1.165, 1.54) is 11.8 Å². The van der Waals surface area contributed by atoms with Gasteiger partial charge in [0.15, 0.2) is 0 Å². The first-order valence-corrected chi connectivity index (χ1v) is 9.22. The number of amides is 1. The van der Waals surface area contributed by atoms with Crippen LogP contribution >= 0.6 is 0 Å². The van der Waals surface area contributed by atoms with Crippen molar-refractivity contribution in [2.75, 3.05) is 10.6 Å². The van der Waals surface area contributed by atoms with E-state index in [1.54, 1.807) is 0 Å². The summed E-state index contributed by atoms with van der Waals surface area (Å²) in [6, 6.07) is 16.1. The van der Waals surface area contributed by atoms with Crippen LogP contribution in [0.15, 0.2) is 54.2 Å². The number of hydrogen-bond acceptors (Lipinski definition) is 4.